The first-order chi connectivity index (χ1) is 10.2. The number of aromatic nitrogens is 1. The second kappa shape index (κ2) is 10.0. The summed E-state index contributed by atoms with van der Waals surface area (Å²) >= 11 is 1.73. The van der Waals surface area contributed by atoms with Gasteiger partial charge in [0, 0.05) is 45.1 Å². The molecule has 0 spiro atoms. The van der Waals surface area contributed by atoms with E-state index in [9.17, 15) is 4.79 Å². The Balaban J connectivity index is 0.00000242. The lowest BCUT2D eigenvalue weighted by molar-refractivity contribution is -0.134. The summed E-state index contributed by atoms with van der Waals surface area (Å²) in [4.78, 5) is 20.6. The molecule has 2 rings (SSSR count). The molecule has 1 fully saturated rings. The van der Waals surface area contributed by atoms with E-state index in [1.165, 1.54) is 5.56 Å². The highest BCUT2D eigenvalue weighted by molar-refractivity contribution is 7.98. The van der Waals surface area contributed by atoms with Crippen molar-refractivity contribution >= 4 is 30.1 Å². The largest absolute Gasteiger partial charge is 0.339 e. The molecule has 1 aromatic rings. The minimum Gasteiger partial charge on any atom is -0.339 e. The fraction of sp³-hybridized carbons (Fsp3) is 0.600. The third kappa shape index (κ3) is 5.76. The first kappa shape index (κ1) is 19.2. The van der Waals surface area contributed by atoms with E-state index in [1.54, 1.807) is 18.0 Å². The van der Waals surface area contributed by atoms with Crippen molar-refractivity contribution in [3.8, 4) is 0 Å². The van der Waals surface area contributed by atoms with Gasteiger partial charge in [-0.05, 0) is 30.1 Å². The Hall–Kier alpha value is -0.820. The van der Waals surface area contributed by atoms with Gasteiger partial charge in [0.25, 0.3) is 0 Å². The van der Waals surface area contributed by atoms with Gasteiger partial charge in [0.2, 0.25) is 5.91 Å². The van der Waals surface area contributed by atoms with E-state index < -0.39 is 0 Å². The quantitative estimate of drug-likeness (QED) is 0.841. The molecule has 0 aliphatic carbocycles. The van der Waals surface area contributed by atoms with Crippen LogP contribution in [0.15, 0.2) is 24.5 Å². The van der Waals surface area contributed by atoms with Gasteiger partial charge in [0.1, 0.15) is 0 Å². The Morgan fingerprint density at radius 3 is 2.73 bits per heavy atom. The Labute approximate surface area is 143 Å². The standard InChI is InChI=1S/C15H24N4OS.ClH/c1-21-10-4-14(16)15(20)19-8-6-18(7-9-19)12-13-3-2-5-17-11-13;/h2-3,5,11,14H,4,6-10,12,16H2,1H3;1H/t14-;/m0./s1. The third-order valence-electron chi connectivity index (χ3n) is 3.76. The molecule has 0 bridgehead atoms. The lowest BCUT2D eigenvalue weighted by atomic mass is 10.2. The smallest absolute Gasteiger partial charge is 0.239 e. The molecule has 0 saturated carbocycles. The SMILES string of the molecule is CSCC[C@H](N)C(=O)N1CCN(Cc2cccnc2)CC1.Cl. The van der Waals surface area contributed by atoms with Crippen LogP contribution < -0.4 is 5.73 Å². The van der Waals surface area contributed by atoms with Gasteiger partial charge in [0.05, 0.1) is 6.04 Å². The number of hydrogen-bond donors (Lipinski definition) is 1. The van der Waals surface area contributed by atoms with Gasteiger partial charge in [-0.2, -0.15) is 11.8 Å². The van der Waals surface area contributed by atoms with Gasteiger partial charge in [0.15, 0.2) is 0 Å². The van der Waals surface area contributed by atoms with Crippen LogP contribution in [0.3, 0.4) is 0 Å². The molecular formula is C15H25ClN4OS. The van der Waals surface area contributed by atoms with Crippen LogP contribution in [-0.4, -0.2) is 64.9 Å². The van der Waals surface area contributed by atoms with Crippen molar-refractivity contribution in [3.63, 3.8) is 0 Å². The van der Waals surface area contributed by atoms with Gasteiger partial charge >= 0.3 is 0 Å². The van der Waals surface area contributed by atoms with Crippen LogP contribution in [0.5, 0.6) is 0 Å². The highest BCUT2D eigenvalue weighted by Gasteiger charge is 2.24. The van der Waals surface area contributed by atoms with Crippen molar-refractivity contribution < 1.29 is 4.79 Å². The van der Waals surface area contributed by atoms with Crippen LogP contribution in [0.1, 0.15) is 12.0 Å². The summed E-state index contributed by atoms with van der Waals surface area (Å²) in [5.41, 5.74) is 7.18. The maximum atomic E-state index is 12.2. The number of hydrogen-bond acceptors (Lipinski definition) is 5. The van der Waals surface area contributed by atoms with Gasteiger partial charge < -0.3 is 10.6 Å². The van der Waals surface area contributed by atoms with Gasteiger partial charge in [-0.25, -0.2) is 0 Å². The van der Waals surface area contributed by atoms with Crippen LogP contribution >= 0.6 is 24.2 Å². The summed E-state index contributed by atoms with van der Waals surface area (Å²) in [6, 6.07) is 3.70. The Morgan fingerprint density at radius 2 is 2.14 bits per heavy atom. The van der Waals surface area contributed by atoms with Crippen LogP contribution in [-0.2, 0) is 11.3 Å². The molecule has 124 valence electrons. The van der Waals surface area contributed by atoms with E-state index >= 15 is 0 Å². The monoisotopic (exact) mass is 344 g/mol. The number of pyridine rings is 1. The van der Waals surface area contributed by atoms with Crippen molar-refractivity contribution in [2.45, 2.75) is 19.0 Å². The first-order valence-corrected chi connectivity index (χ1v) is 8.74. The lowest BCUT2D eigenvalue weighted by Crippen LogP contribution is -2.53. The van der Waals surface area contributed by atoms with E-state index in [-0.39, 0.29) is 24.4 Å². The summed E-state index contributed by atoms with van der Waals surface area (Å²) in [6.45, 7) is 4.23. The molecule has 0 aromatic carbocycles. The molecule has 0 radical (unpaired) electrons. The molecule has 7 heteroatoms. The zero-order chi connectivity index (χ0) is 15.1. The molecule has 0 unspecified atom stereocenters. The summed E-state index contributed by atoms with van der Waals surface area (Å²) in [5, 5.41) is 0. The zero-order valence-corrected chi connectivity index (χ0v) is 14.6. The van der Waals surface area contributed by atoms with E-state index in [0.29, 0.717) is 0 Å². The van der Waals surface area contributed by atoms with Crippen molar-refractivity contribution in [2.24, 2.45) is 5.73 Å². The Morgan fingerprint density at radius 1 is 1.41 bits per heavy atom. The lowest BCUT2D eigenvalue weighted by Gasteiger charge is -2.35. The number of halogens is 1. The van der Waals surface area contributed by atoms with Gasteiger partial charge in [-0.3, -0.25) is 14.7 Å². The number of carbonyl (C=O) groups is 1. The number of nitrogens with two attached hydrogens (primary N) is 1. The molecule has 1 saturated heterocycles. The maximum Gasteiger partial charge on any atom is 0.239 e. The number of nitrogens with zero attached hydrogens (tertiary/aromatic N) is 3. The average Bonchev–Trinajstić information content (AvgIpc) is 2.53. The van der Waals surface area contributed by atoms with Crippen LogP contribution in [0.2, 0.25) is 0 Å². The number of rotatable bonds is 6. The molecule has 2 N–H and O–H groups in total. The second-order valence-corrected chi connectivity index (χ2v) is 6.34. The van der Waals surface area contributed by atoms with Crippen molar-refractivity contribution in [1.82, 2.24) is 14.8 Å². The number of piperazine rings is 1. The predicted octanol–water partition coefficient (Wildman–Crippen LogP) is 1.23. The average molecular weight is 345 g/mol. The van der Waals surface area contributed by atoms with Crippen LogP contribution in [0, 0.1) is 0 Å². The Kier molecular flexibility index (Phi) is 8.78. The first-order valence-electron chi connectivity index (χ1n) is 7.35. The second-order valence-electron chi connectivity index (χ2n) is 5.35. The highest BCUT2D eigenvalue weighted by Crippen LogP contribution is 2.09. The van der Waals surface area contributed by atoms with Gasteiger partial charge in [-0.1, -0.05) is 6.07 Å². The third-order valence-corrected chi connectivity index (χ3v) is 4.41. The summed E-state index contributed by atoms with van der Waals surface area (Å²) < 4.78 is 0. The zero-order valence-electron chi connectivity index (χ0n) is 13.0. The minimum atomic E-state index is -0.345. The minimum absolute atomic E-state index is 0. The molecular weight excluding hydrogens is 320 g/mol. The fourth-order valence-electron chi connectivity index (χ4n) is 2.48. The summed E-state index contributed by atoms with van der Waals surface area (Å²) in [6.07, 6.45) is 6.48. The van der Waals surface area contributed by atoms with Gasteiger partial charge in [-0.15, -0.1) is 12.4 Å². The summed E-state index contributed by atoms with van der Waals surface area (Å²) in [5.74, 6) is 1.04. The topological polar surface area (TPSA) is 62.5 Å². The van der Waals surface area contributed by atoms with E-state index in [0.717, 1.165) is 44.9 Å². The van der Waals surface area contributed by atoms with E-state index in [4.69, 9.17) is 5.73 Å². The van der Waals surface area contributed by atoms with E-state index in [1.807, 2.05) is 23.4 Å². The van der Waals surface area contributed by atoms with Crippen molar-refractivity contribution in [2.75, 3.05) is 38.2 Å². The number of amides is 1. The fourth-order valence-corrected chi connectivity index (χ4v) is 2.97. The molecule has 1 amide bonds. The molecule has 1 aromatic heterocycles. The maximum absolute atomic E-state index is 12.2. The normalized spacial score (nSPS) is 16.9. The predicted molar refractivity (Wildman–Crippen MR) is 94.3 cm³/mol. The summed E-state index contributed by atoms with van der Waals surface area (Å²) in [7, 11) is 0. The van der Waals surface area contributed by atoms with Crippen molar-refractivity contribution in [3.05, 3.63) is 30.1 Å². The number of thioether (sulfide) groups is 1. The molecule has 22 heavy (non-hydrogen) atoms. The Bertz CT molecular complexity index is 440. The molecule has 1 aliphatic rings. The number of carbonyl (C=O) groups excluding carboxylic acids is 1. The van der Waals surface area contributed by atoms with Crippen molar-refractivity contribution in [1.29, 1.82) is 0 Å². The molecule has 5 nitrogen and oxygen atoms in total. The van der Waals surface area contributed by atoms with E-state index in [2.05, 4.69) is 16.0 Å². The molecule has 1 atom stereocenters. The van der Waals surface area contributed by atoms with Crippen LogP contribution in [0.25, 0.3) is 0 Å². The highest BCUT2D eigenvalue weighted by atomic mass is 35.5. The molecule has 2 heterocycles. The molecule has 1 aliphatic heterocycles. The van der Waals surface area contributed by atoms with Crippen LogP contribution in [0.4, 0.5) is 0 Å².